The zero-order valence-corrected chi connectivity index (χ0v) is 20.7. The maximum atomic E-state index is 13.0. The molecule has 0 aliphatic carbocycles. The Balaban J connectivity index is 1.31. The Labute approximate surface area is 217 Å². The maximum absolute atomic E-state index is 13.0. The van der Waals surface area contributed by atoms with E-state index in [2.05, 4.69) is 0 Å². The number of amides is 3. The van der Waals surface area contributed by atoms with Crippen LogP contribution in [0.1, 0.15) is 45.2 Å². The highest BCUT2D eigenvalue weighted by molar-refractivity contribution is 6.35. The number of fused-ring (bicyclic) bond motifs is 1. The van der Waals surface area contributed by atoms with E-state index in [0.717, 1.165) is 22.6 Å². The van der Waals surface area contributed by atoms with Crippen molar-refractivity contribution in [1.82, 2.24) is 0 Å². The van der Waals surface area contributed by atoms with E-state index in [1.807, 2.05) is 31.2 Å². The summed E-state index contributed by atoms with van der Waals surface area (Å²) in [5.74, 6) is -2.64. The number of ether oxygens (including phenoxy) is 1. The van der Waals surface area contributed by atoms with Crippen LogP contribution in [0, 0.1) is 23.0 Å². The van der Waals surface area contributed by atoms with Crippen LogP contribution in [0.3, 0.4) is 0 Å². The standard InChI is InChI=1S/C28H23N3O7/c1-3-17-7-9-19(10-8-17)29-15-18(14-24(29)32)28(35)38-20-11-12-22(16(2)13-20)30-26(33)21-5-4-6-23(31(36)37)25(21)27(30)34/h4-13,18H,3,14-15H2,1-2H3/t18-/m0/s1. The first-order valence-electron chi connectivity index (χ1n) is 12.1. The third-order valence-electron chi connectivity index (χ3n) is 6.83. The number of carbonyl (C=O) groups is 4. The largest absolute Gasteiger partial charge is 0.426 e. The molecule has 3 amide bonds. The normalized spacial score (nSPS) is 16.7. The average Bonchev–Trinajstić information content (AvgIpc) is 3.41. The lowest BCUT2D eigenvalue weighted by Crippen LogP contribution is -2.30. The minimum absolute atomic E-state index is 0.0270. The van der Waals surface area contributed by atoms with Crippen molar-refractivity contribution in [3.05, 3.63) is 93.0 Å². The van der Waals surface area contributed by atoms with Crippen molar-refractivity contribution in [2.75, 3.05) is 16.3 Å². The van der Waals surface area contributed by atoms with Crippen LogP contribution < -0.4 is 14.5 Å². The van der Waals surface area contributed by atoms with Crippen molar-refractivity contribution in [2.24, 2.45) is 5.92 Å². The van der Waals surface area contributed by atoms with Gasteiger partial charge in [0.05, 0.1) is 22.1 Å². The number of aryl methyl sites for hydroxylation is 2. The van der Waals surface area contributed by atoms with E-state index in [0.29, 0.717) is 5.56 Å². The first-order chi connectivity index (χ1) is 18.2. The predicted molar refractivity (Wildman–Crippen MR) is 137 cm³/mol. The third-order valence-corrected chi connectivity index (χ3v) is 6.83. The monoisotopic (exact) mass is 513 g/mol. The van der Waals surface area contributed by atoms with Gasteiger partial charge in [0, 0.05) is 24.7 Å². The fourth-order valence-corrected chi connectivity index (χ4v) is 4.81. The molecule has 0 bridgehead atoms. The van der Waals surface area contributed by atoms with Crippen molar-refractivity contribution in [1.29, 1.82) is 0 Å². The zero-order valence-electron chi connectivity index (χ0n) is 20.7. The Morgan fingerprint density at radius 1 is 1.05 bits per heavy atom. The molecule has 2 aliphatic heterocycles. The number of benzene rings is 3. The second-order valence-electron chi connectivity index (χ2n) is 9.20. The highest BCUT2D eigenvalue weighted by atomic mass is 16.6. The summed E-state index contributed by atoms with van der Waals surface area (Å²) in [4.78, 5) is 64.5. The van der Waals surface area contributed by atoms with Gasteiger partial charge < -0.3 is 9.64 Å². The molecule has 2 aliphatic rings. The SMILES string of the molecule is CCc1ccc(N2C[C@@H](C(=O)Oc3ccc(N4C(=O)c5cccc([N+](=O)[O-])c5C4=O)c(C)c3)CC2=O)cc1. The summed E-state index contributed by atoms with van der Waals surface area (Å²) in [6.45, 7) is 3.88. The molecule has 0 radical (unpaired) electrons. The smallest absolute Gasteiger partial charge is 0.316 e. The van der Waals surface area contributed by atoms with Gasteiger partial charge in [-0.25, -0.2) is 4.90 Å². The van der Waals surface area contributed by atoms with E-state index < -0.39 is 34.3 Å². The summed E-state index contributed by atoms with van der Waals surface area (Å²) >= 11 is 0. The lowest BCUT2D eigenvalue weighted by atomic mass is 10.1. The summed E-state index contributed by atoms with van der Waals surface area (Å²) in [5.41, 5.74) is 1.82. The molecule has 10 nitrogen and oxygen atoms in total. The summed E-state index contributed by atoms with van der Waals surface area (Å²) in [6, 6.07) is 15.9. The van der Waals surface area contributed by atoms with Crippen LogP contribution >= 0.6 is 0 Å². The fraction of sp³-hybridized carbons (Fsp3) is 0.214. The van der Waals surface area contributed by atoms with Crippen molar-refractivity contribution >= 4 is 40.8 Å². The van der Waals surface area contributed by atoms with Gasteiger partial charge >= 0.3 is 5.97 Å². The summed E-state index contributed by atoms with van der Waals surface area (Å²) in [5, 5.41) is 11.4. The molecule has 0 spiro atoms. The third kappa shape index (κ3) is 4.19. The van der Waals surface area contributed by atoms with Gasteiger partial charge in [-0.15, -0.1) is 0 Å². The van der Waals surface area contributed by atoms with E-state index in [4.69, 9.17) is 4.74 Å². The number of anilines is 2. The van der Waals surface area contributed by atoms with Gasteiger partial charge in [-0.3, -0.25) is 29.3 Å². The first-order valence-corrected chi connectivity index (χ1v) is 12.1. The second-order valence-corrected chi connectivity index (χ2v) is 9.20. The van der Waals surface area contributed by atoms with Gasteiger partial charge in [-0.2, -0.15) is 0 Å². The number of esters is 1. The maximum Gasteiger partial charge on any atom is 0.316 e. The van der Waals surface area contributed by atoms with Gasteiger partial charge in [-0.05, 0) is 60.9 Å². The highest BCUT2D eigenvalue weighted by Gasteiger charge is 2.42. The lowest BCUT2D eigenvalue weighted by molar-refractivity contribution is -0.385. The van der Waals surface area contributed by atoms with Gasteiger partial charge in [0.15, 0.2) is 0 Å². The van der Waals surface area contributed by atoms with E-state index in [-0.39, 0.29) is 41.4 Å². The Morgan fingerprint density at radius 3 is 2.45 bits per heavy atom. The van der Waals surface area contributed by atoms with E-state index in [1.54, 1.807) is 11.8 Å². The number of nitro groups is 1. The lowest BCUT2D eigenvalue weighted by Gasteiger charge is -2.18. The molecule has 0 N–H and O–H groups in total. The number of hydrogen-bond acceptors (Lipinski definition) is 7. The molecule has 3 aromatic carbocycles. The zero-order chi connectivity index (χ0) is 27.1. The molecule has 5 rings (SSSR count). The summed E-state index contributed by atoms with van der Waals surface area (Å²) < 4.78 is 5.54. The van der Waals surface area contributed by atoms with E-state index >= 15 is 0 Å². The minimum atomic E-state index is -0.790. The molecular weight excluding hydrogens is 490 g/mol. The molecule has 3 aromatic rings. The number of rotatable bonds is 6. The molecule has 38 heavy (non-hydrogen) atoms. The molecule has 2 heterocycles. The number of hydrogen-bond donors (Lipinski definition) is 0. The Morgan fingerprint density at radius 2 is 1.79 bits per heavy atom. The van der Waals surface area contributed by atoms with Crippen LogP contribution in [0.4, 0.5) is 17.1 Å². The Kier molecular flexibility index (Phi) is 6.23. The van der Waals surface area contributed by atoms with Crippen LogP contribution in [0.5, 0.6) is 5.75 Å². The number of imide groups is 1. The fourth-order valence-electron chi connectivity index (χ4n) is 4.81. The summed E-state index contributed by atoms with van der Waals surface area (Å²) in [6.07, 6.45) is 0.910. The van der Waals surface area contributed by atoms with Crippen molar-refractivity contribution < 1.29 is 28.8 Å². The van der Waals surface area contributed by atoms with Crippen LogP contribution in [0.2, 0.25) is 0 Å². The Bertz CT molecular complexity index is 1510. The molecular formula is C28H23N3O7. The van der Waals surface area contributed by atoms with Crippen LogP contribution in [-0.4, -0.2) is 35.2 Å². The highest BCUT2D eigenvalue weighted by Crippen LogP contribution is 2.36. The number of nitro benzene ring substituents is 1. The molecule has 1 saturated heterocycles. The summed E-state index contributed by atoms with van der Waals surface area (Å²) in [7, 11) is 0. The molecule has 0 unspecified atom stereocenters. The van der Waals surface area contributed by atoms with Crippen LogP contribution in [0.25, 0.3) is 0 Å². The molecule has 0 saturated carbocycles. The van der Waals surface area contributed by atoms with Gasteiger partial charge in [0.1, 0.15) is 11.3 Å². The minimum Gasteiger partial charge on any atom is -0.426 e. The number of nitrogens with zero attached hydrogens (tertiary/aromatic N) is 3. The molecule has 1 fully saturated rings. The molecule has 1 atom stereocenters. The predicted octanol–water partition coefficient (Wildman–Crippen LogP) is 4.22. The van der Waals surface area contributed by atoms with E-state index in [9.17, 15) is 29.3 Å². The van der Waals surface area contributed by atoms with Gasteiger partial charge in [0.25, 0.3) is 17.5 Å². The van der Waals surface area contributed by atoms with Crippen molar-refractivity contribution in [3.8, 4) is 5.75 Å². The van der Waals surface area contributed by atoms with Crippen LogP contribution in [-0.2, 0) is 16.0 Å². The van der Waals surface area contributed by atoms with Crippen molar-refractivity contribution in [3.63, 3.8) is 0 Å². The molecule has 0 aromatic heterocycles. The molecule has 10 heteroatoms. The van der Waals surface area contributed by atoms with Gasteiger partial charge in [-0.1, -0.05) is 25.1 Å². The average molecular weight is 514 g/mol. The van der Waals surface area contributed by atoms with Crippen LogP contribution in [0.15, 0.2) is 60.7 Å². The quantitative estimate of drug-likeness (QED) is 0.159. The topological polar surface area (TPSA) is 127 Å². The molecule has 192 valence electrons. The number of carbonyl (C=O) groups excluding carboxylic acids is 4. The van der Waals surface area contributed by atoms with Gasteiger partial charge in [0.2, 0.25) is 5.91 Å². The Hall–Kier alpha value is -4.86. The second kappa shape index (κ2) is 9.55. The van der Waals surface area contributed by atoms with E-state index in [1.165, 1.54) is 36.4 Å². The first kappa shape index (κ1) is 24.8. The van der Waals surface area contributed by atoms with Crippen molar-refractivity contribution in [2.45, 2.75) is 26.7 Å².